The van der Waals surface area contributed by atoms with Crippen LogP contribution in [0.1, 0.15) is 72.3 Å². The zero-order chi connectivity index (χ0) is 26.5. The number of aryl methyl sites for hydroxylation is 1. The van der Waals surface area contributed by atoms with Crippen LogP contribution < -0.4 is 10.5 Å². The van der Waals surface area contributed by atoms with E-state index < -0.39 is 35.1 Å². The lowest BCUT2D eigenvalue weighted by Gasteiger charge is -2.41. The number of hydrogen-bond donors (Lipinski definition) is 0. The van der Waals surface area contributed by atoms with E-state index in [0.29, 0.717) is 41.5 Å². The third-order valence-corrected chi connectivity index (χ3v) is 7.78. The molecule has 37 heavy (non-hydrogen) atoms. The predicted molar refractivity (Wildman–Crippen MR) is 127 cm³/mol. The average molecular weight is 524 g/mol. The maximum atomic E-state index is 15.5. The molecule has 1 saturated carbocycles. The van der Waals surface area contributed by atoms with Crippen molar-refractivity contribution >= 4 is 23.1 Å². The first-order chi connectivity index (χ1) is 17.6. The van der Waals surface area contributed by atoms with Crippen LogP contribution in [0.5, 0.6) is 0 Å². The van der Waals surface area contributed by atoms with Crippen LogP contribution >= 0.6 is 0 Å². The van der Waals surface area contributed by atoms with Gasteiger partial charge in [0.15, 0.2) is 5.82 Å². The average Bonchev–Trinajstić information content (AvgIpc) is 3.70. The summed E-state index contributed by atoms with van der Waals surface area (Å²) < 4.78 is 58.1. The first-order valence-corrected chi connectivity index (χ1v) is 12.8. The van der Waals surface area contributed by atoms with Gasteiger partial charge in [-0.3, -0.25) is 9.20 Å². The van der Waals surface area contributed by atoms with Crippen molar-refractivity contribution in [2.24, 2.45) is 0 Å². The summed E-state index contributed by atoms with van der Waals surface area (Å²) in [5, 5.41) is 0. The van der Waals surface area contributed by atoms with Crippen LogP contribution in [-0.2, 0) is 9.53 Å². The number of piperidine rings is 2. The largest absolute Gasteiger partial charge is 0.491 e. The number of likely N-dealkylation sites (tertiary alicyclic amines) is 1. The van der Waals surface area contributed by atoms with E-state index in [2.05, 4.69) is 9.64 Å². The zero-order valence-corrected chi connectivity index (χ0v) is 20.6. The monoisotopic (exact) mass is 523 g/mol. The lowest BCUT2D eigenvalue weighted by atomic mass is 9.98. The van der Waals surface area contributed by atoms with Gasteiger partial charge < -0.3 is 14.5 Å². The van der Waals surface area contributed by atoms with E-state index in [9.17, 15) is 27.6 Å². The molecule has 200 valence electrons. The van der Waals surface area contributed by atoms with Gasteiger partial charge in [-0.2, -0.15) is 13.2 Å². The number of alkyl halides is 3. The molecule has 2 saturated heterocycles. The molecule has 2 aliphatic heterocycles. The molecule has 0 spiro atoms. The molecule has 0 aromatic carbocycles. The molecule has 0 amide bonds. The molecule has 5 rings (SSSR count). The molecule has 2 aromatic heterocycles. The Hall–Kier alpha value is -2.95. The Morgan fingerprint density at radius 1 is 1.00 bits per heavy atom. The van der Waals surface area contributed by atoms with Gasteiger partial charge >= 0.3 is 18.1 Å². The molecule has 4 heterocycles. The van der Waals surface area contributed by atoms with Crippen molar-refractivity contribution in [3.63, 3.8) is 0 Å². The van der Waals surface area contributed by atoms with Gasteiger partial charge in [0.2, 0.25) is 0 Å². The molecule has 3 fully saturated rings. The van der Waals surface area contributed by atoms with E-state index in [0.717, 1.165) is 49.4 Å². The number of aromatic nitrogens is 1. The maximum Gasteiger partial charge on any atom is 0.491 e. The zero-order valence-electron chi connectivity index (χ0n) is 20.6. The Balaban J connectivity index is 1.49. The number of rotatable bonds is 4. The summed E-state index contributed by atoms with van der Waals surface area (Å²) >= 11 is 0. The molecule has 3 aliphatic rings. The van der Waals surface area contributed by atoms with E-state index in [1.807, 2.05) is 4.90 Å². The topological polar surface area (TPSA) is 71.3 Å². The van der Waals surface area contributed by atoms with Crippen LogP contribution in [0.25, 0.3) is 5.52 Å². The lowest BCUT2D eigenvalue weighted by molar-refractivity contribution is -0.193. The number of nitrogens with zero attached hydrogens (tertiary/aromatic N) is 3. The smallest absolute Gasteiger partial charge is 0.382 e. The fraction of sp³-hybridized carbons (Fsp3) is 0.577. The van der Waals surface area contributed by atoms with Gasteiger partial charge in [-0.15, -0.1) is 0 Å². The molecule has 1 aliphatic carbocycles. The molecule has 2 aromatic rings. The van der Waals surface area contributed by atoms with Crippen molar-refractivity contribution in [1.29, 1.82) is 0 Å². The first-order valence-electron chi connectivity index (χ1n) is 12.8. The van der Waals surface area contributed by atoms with Crippen LogP contribution in [0.2, 0.25) is 0 Å². The fourth-order valence-corrected chi connectivity index (χ4v) is 5.82. The van der Waals surface area contributed by atoms with E-state index >= 15 is 4.39 Å². The molecule has 0 radical (unpaired) electrons. The van der Waals surface area contributed by atoms with E-state index in [4.69, 9.17) is 0 Å². The van der Waals surface area contributed by atoms with Crippen LogP contribution in [-0.4, -0.2) is 59.6 Å². The van der Waals surface area contributed by atoms with Gasteiger partial charge in [-0.25, -0.2) is 14.0 Å². The highest BCUT2D eigenvalue weighted by Gasteiger charge is 2.43. The highest BCUT2D eigenvalue weighted by atomic mass is 19.4. The summed E-state index contributed by atoms with van der Waals surface area (Å²) in [4.78, 5) is 41.1. The normalized spacial score (nSPS) is 19.9. The summed E-state index contributed by atoms with van der Waals surface area (Å²) in [7, 11) is 0. The van der Waals surface area contributed by atoms with Crippen molar-refractivity contribution in [2.45, 2.75) is 70.0 Å². The van der Waals surface area contributed by atoms with Gasteiger partial charge in [0.1, 0.15) is 5.56 Å². The van der Waals surface area contributed by atoms with Gasteiger partial charge in [-0.1, -0.05) is 6.42 Å². The van der Waals surface area contributed by atoms with Gasteiger partial charge in [0.25, 0.3) is 5.56 Å². The minimum absolute atomic E-state index is 0.0256. The van der Waals surface area contributed by atoms with E-state index in [1.165, 1.54) is 25.3 Å². The number of pyridine rings is 2. The molecule has 7 nitrogen and oxygen atoms in total. The molecular weight excluding hydrogens is 494 g/mol. The number of carbonyl (C=O) groups is 2. The van der Waals surface area contributed by atoms with Crippen LogP contribution in [0.15, 0.2) is 17.1 Å². The van der Waals surface area contributed by atoms with E-state index in [-0.39, 0.29) is 5.92 Å². The number of halogens is 4. The van der Waals surface area contributed by atoms with Crippen molar-refractivity contribution < 1.29 is 31.9 Å². The fourth-order valence-electron chi connectivity index (χ4n) is 5.82. The maximum absolute atomic E-state index is 15.5. The van der Waals surface area contributed by atoms with Crippen LogP contribution in [0.3, 0.4) is 0 Å². The highest BCUT2D eigenvalue weighted by Crippen LogP contribution is 2.44. The second-order valence-electron chi connectivity index (χ2n) is 10.3. The molecular formula is C26H29F4N3O4. The van der Waals surface area contributed by atoms with Crippen molar-refractivity contribution in [2.75, 3.05) is 31.1 Å². The number of hydrogen-bond acceptors (Lipinski definition) is 6. The molecule has 11 heteroatoms. The molecule has 0 N–H and O–H groups in total. The first kappa shape index (κ1) is 25.7. The van der Waals surface area contributed by atoms with Gasteiger partial charge in [-0.05, 0) is 81.6 Å². The standard InChI is InChI=1S/C26H29F4N3O4/c1-15-21-18(16-5-6-16)13-19(24(35)37-25(36)26(28,29)30)23(34)33(21)14-20(27)22(15)32-11-7-17(8-12-32)31-9-3-2-4-10-31/h13-14,16-17H,2-12H2,1H3. The Morgan fingerprint density at radius 2 is 1.65 bits per heavy atom. The number of anilines is 1. The lowest BCUT2D eigenvalue weighted by Crippen LogP contribution is -2.47. The summed E-state index contributed by atoms with van der Waals surface area (Å²) in [5.41, 5.74) is 0.194. The minimum Gasteiger partial charge on any atom is -0.382 e. The SMILES string of the molecule is Cc1c(N2CCC(N3CCCCC3)CC2)c(F)cn2c(=O)c(C(=O)OC(=O)C(F)(F)F)cc(C3CC3)c12. The Kier molecular flexibility index (Phi) is 6.76. The van der Waals surface area contributed by atoms with Gasteiger partial charge in [0, 0.05) is 19.1 Å². The molecule has 0 bridgehead atoms. The predicted octanol–water partition coefficient (Wildman–Crippen LogP) is 4.32. The number of carbonyl (C=O) groups excluding carboxylic acids is 2. The Bertz CT molecular complexity index is 1290. The summed E-state index contributed by atoms with van der Waals surface area (Å²) in [6.45, 7) is 5.26. The van der Waals surface area contributed by atoms with Gasteiger partial charge in [0.05, 0.1) is 17.4 Å². The third kappa shape index (κ3) is 4.97. The Labute approximate surface area is 211 Å². The number of ether oxygens (including phenoxy) is 1. The molecule has 0 unspecified atom stereocenters. The summed E-state index contributed by atoms with van der Waals surface area (Å²) in [5.74, 6) is -5.09. The van der Waals surface area contributed by atoms with Crippen molar-refractivity contribution in [3.8, 4) is 0 Å². The summed E-state index contributed by atoms with van der Waals surface area (Å²) in [6.07, 6.45) is 2.61. The van der Waals surface area contributed by atoms with E-state index in [1.54, 1.807) is 6.92 Å². The second-order valence-corrected chi connectivity index (χ2v) is 10.3. The molecule has 0 atom stereocenters. The minimum atomic E-state index is -5.39. The third-order valence-electron chi connectivity index (χ3n) is 7.78. The second kappa shape index (κ2) is 9.74. The highest BCUT2D eigenvalue weighted by molar-refractivity contribution is 5.98. The number of fused-ring (bicyclic) bond motifs is 1. The van der Waals surface area contributed by atoms with Crippen LogP contribution in [0, 0.1) is 12.7 Å². The quantitative estimate of drug-likeness (QED) is 0.338. The van der Waals surface area contributed by atoms with Crippen LogP contribution in [0.4, 0.5) is 23.2 Å². The van der Waals surface area contributed by atoms with Crippen molar-refractivity contribution in [3.05, 3.63) is 45.1 Å². The summed E-state index contributed by atoms with van der Waals surface area (Å²) in [6, 6.07) is 1.68. The van der Waals surface area contributed by atoms with Crippen molar-refractivity contribution in [1.82, 2.24) is 9.30 Å². The number of esters is 2. The Morgan fingerprint density at radius 3 is 2.24 bits per heavy atom.